The molecule has 4 heteroatoms. The predicted octanol–water partition coefficient (Wildman–Crippen LogP) is 2.28. The van der Waals surface area contributed by atoms with Crippen molar-refractivity contribution in [1.82, 2.24) is 10.4 Å². The zero-order chi connectivity index (χ0) is 13.0. The van der Waals surface area contributed by atoms with Crippen molar-refractivity contribution in [3.8, 4) is 0 Å². The lowest BCUT2D eigenvalue weighted by molar-refractivity contribution is 0.509. The molecule has 3 N–H and O–H groups in total. The number of nitrogens with one attached hydrogen (secondary N) is 1. The van der Waals surface area contributed by atoms with Gasteiger partial charge in [-0.15, -0.1) is 0 Å². The molecule has 1 heterocycles. The molecule has 0 amide bonds. The Bertz CT molecular complexity index is 514. The number of aryl methyl sites for hydroxylation is 1. The molecule has 3 nitrogen and oxygen atoms in total. The standard InChI is InChI=1S/C14H16FN3/c1-10-4-5-12(13(15)7-10)14(18-16)8-11-3-2-6-17-9-11/h2-7,9,14,18H,8,16H2,1H3. The zero-order valence-electron chi connectivity index (χ0n) is 10.2. The highest BCUT2D eigenvalue weighted by Gasteiger charge is 2.15. The van der Waals surface area contributed by atoms with Crippen molar-refractivity contribution in [2.24, 2.45) is 5.84 Å². The van der Waals surface area contributed by atoms with E-state index in [1.165, 1.54) is 6.07 Å². The van der Waals surface area contributed by atoms with Crippen LogP contribution in [-0.2, 0) is 6.42 Å². The molecule has 0 aliphatic rings. The first-order valence-electron chi connectivity index (χ1n) is 5.82. The van der Waals surface area contributed by atoms with Crippen molar-refractivity contribution in [3.05, 3.63) is 65.2 Å². The molecule has 2 rings (SSSR count). The van der Waals surface area contributed by atoms with Gasteiger partial charge in [0.2, 0.25) is 0 Å². The van der Waals surface area contributed by atoms with Crippen molar-refractivity contribution in [2.45, 2.75) is 19.4 Å². The number of rotatable bonds is 4. The third-order valence-corrected chi connectivity index (χ3v) is 2.90. The van der Waals surface area contributed by atoms with Gasteiger partial charge >= 0.3 is 0 Å². The highest BCUT2D eigenvalue weighted by Crippen LogP contribution is 2.21. The van der Waals surface area contributed by atoms with Crippen LogP contribution < -0.4 is 11.3 Å². The van der Waals surface area contributed by atoms with Gasteiger partial charge in [-0.2, -0.15) is 0 Å². The van der Waals surface area contributed by atoms with Gasteiger partial charge < -0.3 is 0 Å². The summed E-state index contributed by atoms with van der Waals surface area (Å²) in [7, 11) is 0. The summed E-state index contributed by atoms with van der Waals surface area (Å²) in [5, 5.41) is 0. The SMILES string of the molecule is Cc1ccc(C(Cc2cccnc2)NN)c(F)c1. The van der Waals surface area contributed by atoms with E-state index in [0.717, 1.165) is 11.1 Å². The Labute approximate surface area is 106 Å². The van der Waals surface area contributed by atoms with Gasteiger partial charge in [-0.3, -0.25) is 16.3 Å². The van der Waals surface area contributed by atoms with Gasteiger partial charge in [0.1, 0.15) is 5.82 Å². The summed E-state index contributed by atoms with van der Waals surface area (Å²) < 4.78 is 13.9. The topological polar surface area (TPSA) is 50.9 Å². The Hall–Kier alpha value is -1.78. The fraction of sp³-hybridized carbons (Fsp3) is 0.214. The Morgan fingerprint density at radius 1 is 1.39 bits per heavy atom. The smallest absolute Gasteiger partial charge is 0.128 e. The minimum Gasteiger partial charge on any atom is -0.271 e. The van der Waals surface area contributed by atoms with Gasteiger partial charge in [0.15, 0.2) is 0 Å². The second-order valence-electron chi connectivity index (χ2n) is 4.31. The van der Waals surface area contributed by atoms with Crippen LogP contribution in [0.1, 0.15) is 22.7 Å². The Morgan fingerprint density at radius 2 is 2.22 bits per heavy atom. The maximum Gasteiger partial charge on any atom is 0.128 e. The number of halogens is 1. The molecule has 0 saturated heterocycles. The quantitative estimate of drug-likeness (QED) is 0.642. The van der Waals surface area contributed by atoms with Crippen molar-refractivity contribution >= 4 is 0 Å². The van der Waals surface area contributed by atoms with Crippen molar-refractivity contribution in [2.75, 3.05) is 0 Å². The zero-order valence-corrected chi connectivity index (χ0v) is 10.2. The van der Waals surface area contributed by atoms with Crippen LogP contribution in [0.15, 0.2) is 42.7 Å². The van der Waals surface area contributed by atoms with Crippen LogP contribution in [-0.4, -0.2) is 4.98 Å². The van der Waals surface area contributed by atoms with Gasteiger partial charge in [-0.1, -0.05) is 18.2 Å². The van der Waals surface area contributed by atoms with Gasteiger partial charge in [0.25, 0.3) is 0 Å². The first kappa shape index (κ1) is 12.7. The Balaban J connectivity index is 2.23. The fourth-order valence-electron chi connectivity index (χ4n) is 1.93. The fourth-order valence-corrected chi connectivity index (χ4v) is 1.93. The summed E-state index contributed by atoms with van der Waals surface area (Å²) in [5.41, 5.74) is 5.15. The van der Waals surface area contributed by atoms with E-state index < -0.39 is 0 Å². The largest absolute Gasteiger partial charge is 0.271 e. The summed E-state index contributed by atoms with van der Waals surface area (Å²) in [6, 6.07) is 8.72. The number of nitrogens with zero attached hydrogens (tertiary/aromatic N) is 1. The molecule has 0 spiro atoms. The van der Waals surface area contributed by atoms with Crippen LogP contribution in [0.4, 0.5) is 4.39 Å². The molecular formula is C14H16FN3. The first-order valence-corrected chi connectivity index (χ1v) is 5.82. The van der Waals surface area contributed by atoms with Crippen LogP contribution in [0.25, 0.3) is 0 Å². The average molecular weight is 245 g/mol. The van der Waals surface area contributed by atoms with E-state index in [1.807, 2.05) is 25.1 Å². The molecule has 0 bridgehead atoms. The van der Waals surface area contributed by atoms with Crippen molar-refractivity contribution in [1.29, 1.82) is 0 Å². The van der Waals surface area contributed by atoms with Crippen LogP contribution in [0.2, 0.25) is 0 Å². The lowest BCUT2D eigenvalue weighted by Gasteiger charge is -2.17. The van der Waals surface area contributed by atoms with Gasteiger partial charge in [-0.05, 0) is 36.6 Å². The molecule has 0 radical (unpaired) electrons. The molecule has 1 aromatic carbocycles. The highest BCUT2D eigenvalue weighted by molar-refractivity contribution is 5.27. The second kappa shape index (κ2) is 5.71. The number of hydrogen-bond donors (Lipinski definition) is 2. The maximum atomic E-state index is 13.9. The molecule has 0 aliphatic carbocycles. The molecule has 94 valence electrons. The summed E-state index contributed by atoms with van der Waals surface area (Å²) in [6.07, 6.45) is 4.07. The van der Waals surface area contributed by atoms with Crippen LogP contribution >= 0.6 is 0 Å². The number of hydrogen-bond acceptors (Lipinski definition) is 3. The number of nitrogens with two attached hydrogens (primary N) is 1. The molecule has 0 aliphatic heterocycles. The predicted molar refractivity (Wildman–Crippen MR) is 69.1 cm³/mol. The summed E-state index contributed by atoms with van der Waals surface area (Å²) >= 11 is 0. The molecule has 1 atom stereocenters. The monoisotopic (exact) mass is 245 g/mol. The minimum absolute atomic E-state index is 0.234. The molecule has 0 saturated carbocycles. The summed E-state index contributed by atoms with van der Waals surface area (Å²) in [6.45, 7) is 1.86. The molecule has 0 fully saturated rings. The number of aromatic nitrogens is 1. The van der Waals surface area contributed by atoms with E-state index >= 15 is 0 Å². The van der Waals surface area contributed by atoms with Gasteiger partial charge in [-0.25, -0.2) is 4.39 Å². The summed E-state index contributed by atoms with van der Waals surface area (Å²) in [4.78, 5) is 4.04. The van der Waals surface area contributed by atoms with Gasteiger partial charge in [0, 0.05) is 18.0 Å². The van der Waals surface area contributed by atoms with Gasteiger partial charge in [0.05, 0.1) is 6.04 Å². The second-order valence-corrected chi connectivity index (χ2v) is 4.31. The minimum atomic E-state index is -0.255. The number of benzene rings is 1. The highest BCUT2D eigenvalue weighted by atomic mass is 19.1. The van der Waals surface area contributed by atoms with E-state index in [9.17, 15) is 4.39 Å². The van der Waals surface area contributed by atoms with E-state index in [4.69, 9.17) is 5.84 Å². The lowest BCUT2D eigenvalue weighted by Crippen LogP contribution is -2.30. The maximum absolute atomic E-state index is 13.9. The van der Waals surface area contributed by atoms with Crippen molar-refractivity contribution < 1.29 is 4.39 Å². The third-order valence-electron chi connectivity index (χ3n) is 2.90. The van der Waals surface area contributed by atoms with Crippen LogP contribution in [0.5, 0.6) is 0 Å². The summed E-state index contributed by atoms with van der Waals surface area (Å²) in [5.74, 6) is 5.29. The van der Waals surface area contributed by atoms with E-state index in [2.05, 4.69) is 10.4 Å². The van der Waals surface area contributed by atoms with E-state index in [-0.39, 0.29) is 11.9 Å². The Morgan fingerprint density at radius 3 is 2.83 bits per heavy atom. The van der Waals surface area contributed by atoms with E-state index in [0.29, 0.717) is 12.0 Å². The van der Waals surface area contributed by atoms with Crippen LogP contribution in [0.3, 0.4) is 0 Å². The lowest BCUT2D eigenvalue weighted by atomic mass is 9.99. The van der Waals surface area contributed by atoms with Crippen molar-refractivity contribution in [3.63, 3.8) is 0 Å². The average Bonchev–Trinajstić information content (AvgIpc) is 2.38. The van der Waals surface area contributed by atoms with Crippen LogP contribution in [0, 0.1) is 12.7 Å². The molecule has 1 aromatic heterocycles. The third kappa shape index (κ3) is 2.91. The Kier molecular flexibility index (Phi) is 4.02. The molecule has 18 heavy (non-hydrogen) atoms. The molecular weight excluding hydrogens is 229 g/mol. The molecule has 1 unspecified atom stereocenters. The van der Waals surface area contributed by atoms with E-state index in [1.54, 1.807) is 18.5 Å². The number of pyridine rings is 1. The number of hydrazine groups is 1. The normalized spacial score (nSPS) is 12.4. The molecule has 2 aromatic rings. The first-order chi connectivity index (χ1) is 8.70.